The third kappa shape index (κ3) is 2.82. The van der Waals surface area contributed by atoms with E-state index in [9.17, 15) is 4.79 Å². The second kappa shape index (κ2) is 5.22. The van der Waals surface area contributed by atoms with Crippen molar-refractivity contribution >= 4 is 27.6 Å². The third-order valence-corrected chi connectivity index (χ3v) is 1.29. The Balaban J connectivity index is 3.91. The number of esters is 1. The lowest BCUT2D eigenvalue weighted by Gasteiger charge is -1.98. The quantitative estimate of drug-likeness (QED) is 0.246. The van der Waals surface area contributed by atoms with Crippen LogP contribution in [0.25, 0.3) is 0 Å². The summed E-state index contributed by atoms with van der Waals surface area (Å²) in [5.74, 6) is -0.595. The number of hydrogen-bond donors (Lipinski definition) is 1. The molecule has 0 aromatic heterocycles. The summed E-state index contributed by atoms with van der Waals surface area (Å²) < 4.78 is 4.53. The molecule has 0 amide bonds. The van der Waals surface area contributed by atoms with Crippen LogP contribution in [-0.2, 0) is 9.53 Å². The zero-order chi connectivity index (χ0) is 7.98. The highest BCUT2D eigenvalue weighted by Gasteiger charge is 2.10. The van der Waals surface area contributed by atoms with Gasteiger partial charge in [0, 0.05) is 0 Å². The van der Waals surface area contributed by atoms with Crippen LogP contribution >= 0.6 is 15.9 Å². The van der Waals surface area contributed by atoms with Crippen molar-refractivity contribution in [3.63, 3.8) is 0 Å². The Morgan fingerprint density at radius 1 is 1.80 bits per heavy atom. The Labute approximate surface area is 67.0 Å². The molecule has 0 rings (SSSR count). The Morgan fingerprint density at radius 3 is 2.70 bits per heavy atom. The molecule has 0 aliphatic carbocycles. The summed E-state index contributed by atoms with van der Waals surface area (Å²) in [4.78, 5) is 10.7. The highest BCUT2D eigenvalue weighted by atomic mass is 79.9. The van der Waals surface area contributed by atoms with Gasteiger partial charge >= 0.3 is 5.97 Å². The van der Waals surface area contributed by atoms with Crippen molar-refractivity contribution in [1.29, 1.82) is 0 Å². The summed E-state index contributed by atoms with van der Waals surface area (Å²) in [6.45, 7) is 1.96. The minimum Gasteiger partial charge on any atom is -0.461 e. The molecule has 0 aliphatic rings. The van der Waals surface area contributed by atoms with Gasteiger partial charge in [0.25, 0.3) is 0 Å². The van der Waals surface area contributed by atoms with Crippen LogP contribution in [0.5, 0.6) is 0 Å². The first-order valence-corrected chi connectivity index (χ1v) is 3.82. The molecule has 5 heteroatoms. The molecule has 0 saturated carbocycles. The first kappa shape index (κ1) is 9.42. The van der Waals surface area contributed by atoms with Gasteiger partial charge in [-0.1, -0.05) is 21.1 Å². The molecule has 10 heavy (non-hydrogen) atoms. The molecule has 0 saturated heterocycles. The third-order valence-electron chi connectivity index (χ3n) is 0.758. The van der Waals surface area contributed by atoms with Crippen molar-refractivity contribution in [3.8, 4) is 0 Å². The Kier molecular flexibility index (Phi) is 4.92. The molecule has 0 fully saturated rings. The molecule has 0 unspecified atom stereocenters. The normalized spacial score (nSPS) is 11.2. The van der Waals surface area contributed by atoms with Crippen molar-refractivity contribution in [2.45, 2.75) is 6.92 Å². The topological polar surface area (TPSA) is 58.9 Å². The molecule has 58 valence electrons. The van der Waals surface area contributed by atoms with Crippen molar-refractivity contribution in [1.82, 2.24) is 0 Å². The fraction of sp³-hybridized carbons (Fsp3) is 0.600. The lowest BCUT2D eigenvalue weighted by Crippen LogP contribution is -2.18. The summed E-state index contributed by atoms with van der Waals surface area (Å²) in [6.07, 6.45) is 0. The smallest absolute Gasteiger partial charge is 0.356 e. The van der Waals surface area contributed by atoms with E-state index in [0.717, 1.165) is 0 Å². The minimum absolute atomic E-state index is 0.0261. The van der Waals surface area contributed by atoms with Gasteiger partial charge in [-0.2, -0.15) is 0 Å². The van der Waals surface area contributed by atoms with E-state index >= 15 is 0 Å². The maximum atomic E-state index is 10.7. The van der Waals surface area contributed by atoms with E-state index in [4.69, 9.17) is 5.21 Å². The maximum absolute atomic E-state index is 10.7. The summed E-state index contributed by atoms with van der Waals surface area (Å²) >= 11 is 2.95. The van der Waals surface area contributed by atoms with Gasteiger partial charge in [-0.05, 0) is 6.92 Å². The van der Waals surface area contributed by atoms with E-state index in [2.05, 4.69) is 25.8 Å². The van der Waals surface area contributed by atoms with Gasteiger partial charge in [-0.3, -0.25) is 0 Å². The predicted octanol–water partition coefficient (Wildman–Crippen LogP) is 0.775. The van der Waals surface area contributed by atoms with Gasteiger partial charge in [0.2, 0.25) is 0 Å². The van der Waals surface area contributed by atoms with Gasteiger partial charge in [0.05, 0.1) is 11.9 Å². The van der Waals surface area contributed by atoms with Crippen LogP contribution in [0, 0.1) is 0 Å². The molecule has 0 spiro atoms. The fourth-order valence-corrected chi connectivity index (χ4v) is 0.678. The van der Waals surface area contributed by atoms with Crippen LogP contribution in [0.4, 0.5) is 0 Å². The average Bonchev–Trinajstić information content (AvgIpc) is 1.91. The minimum atomic E-state index is -0.595. The Hall–Kier alpha value is -0.580. The van der Waals surface area contributed by atoms with E-state index in [-0.39, 0.29) is 17.6 Å². The number of carbonyl (C=O) groups excluding carboxylic acids is 1. The number of oxime groups is 1. The Bertz CT molecular complexity index is 146. The molecular formula is C5H8BrNO3. The zero-order valence-corrected chi connectivity index (χ0v) is 7.09. The fourth-order valence-electron chi connectivity index (χ4n) is 0.337. The molecule has 1 N–H and O–H groups in total. The molecule has 0 heterocycles. The van der Waals surface area contributed by atoms with Gasteiger partial charge in [0.15, 0.2) is 5.71 Å². The molecular weight excluding hydrogens is 202 g/mol. The summed E-state index contributed by atoms with van der Waals surface area (Å²) in [5, 5.41) is 11.1. The van der Waals surface area contributed by atoms with Gasteiger partial charge in [-0.15, -0.1) is 0 Å². The zero-order valence-electron chi connectivity index (χ0n) is 5.50. The standard InChI is InChI=1S/C5H8BrNO3/c1-2-10-5(8)4(3-6)7-9/h9H,2-3H2,1H3. The highest BCUT2D eigenvalue weighted by molar-refractivity contribution is 9.09. The highest BCUT2D eigenvalue weighted by Crippen LogP contribution is 1.89. The van der Waals surface area contributed by atoms with Crippen molar-refractivity contribution in [3.05, 3.63) is 0 Å². The van der Waals surface area contributed by atoms with Crippen LogP contribution in [0.1, 0.15) is 6.92 Å². The molecule has 0 radical (unpaired) electrons. The molecule has 0 aliphatic heterocycles. The largest absolute Gasteiger partial charge is 0.461 e. The number of alkyl halides is 1. The molecule has 4 nitrogen and oxygen atoms in total. The second-order valence-electron chi connectivity index (χ2n) is 1.40. The van der Waals surface area contributed by atoms with Crippen molar-refractivity contribution in [2.24, 2.45) is 5.16 Å². The monoisotopic (exact) mass is 209 g/mol. The lowest BCUT2D eigenvalue weighted by molar-refractivity contribution is -0.135. The molecule has 0 bridgehead atoms. The number of rotatable bonds is 3. The van der Waals surface area contributed by atoms with E-state index in [1.54, 1.807) is 6.92 Å². The van der Waals surface area contributed by atoms with Crippen LogP contribution in [0.2, 0.25) is 0 Å². The van der Waals surface area contributed by atoms with Crippen molar-refractivity contribution in [2.75, 3.05) is 11.9 Å². The van der Waals surface area contributed by atoms with Crippen LogP contribution in [0.15, 0.2) is 5.16 Å². The summed E-state index contributed by atoms with van der Waals surface area (Å²) in [6, 6.07) is 0. The first-order valence-electron chi connectivity index (χ1n) is 2.70. The van der Waals surface area contributed by atoms with E-state index in [0.29, 0.717) is 0 Å². The second-order valence-corrected chi connectivity index (χ2v) is 1.96. The van der Waals surface area contributed by atoms with Gasteiger partial charge in [-0.25, -0.2) is 4.79 Å². The van der Waals surface area contributed by atoms with E-state index in [1.165, 1.54) is 0 Å². The number of nitrogens with zero attached hydrogens (tertiary/aromatic N) is 1. The maximum Gasteiger partial charge on any atom is 0.356 e. The SMILES string of the molecule is CCOC(=O)C(CBr)=NO. The van der Waals surface area contributed by atoms with E-state index in [1.807, 2.05) is 0 Å². The molecule has 0 atom stereocenters. The number of halogens is 1. The summed E-state index contributed by atoms with van der Waals surface area (Å²) in [7, 11) is 0. The number of hydrogen-bond acceptors (Lipinski definition) is 4. The van der Waals surface area contributed by atoms with Gasteiger partial charge in [0.1, 0.15) is 0 Å². The average molecular weight is 210 g/mol. The predicted molar refractivity (Wildman–Crippen MR) is 39.6 cm³/mol. The van der Waals surface area contributed by atoms with Crippen LogP contribution in [0.3, 0.4) is 0 Å². The van der Waals surface area contributed by atoms with Crippen molar-refractivity contribution < 1.29 is 14.7 Å². The first-order chi connectivity index (χ1) is 4.76. The van der Waals surface area contributed by atoms with Crippen LogP contribution in [-0.4, -0.2) is 28.8 Å². The Morgan fingerprint density at radius 2 is 2.40 bits per heavy atom. The van der Waals surface area contributed by atoms with Gasteiger partial charge < -0.3 is 9.94 Å². The molecule has 0 aromatic rings. The van der Waals surface area contributed by atoms with E-state index < -0.39 is 5.97 Å². The lowest BCUT2D eigenvalue weighted by atomic mass is 10.4. The molecule has 0 aromatic carbocycles. The number of ether oxygens (including phenoxy) is 1. The number of carbonyl (C=O) groups is 1. The summed E-state index contributed by atoms with van der Waals surface area (Å²) in [5.41, 5.74) is -0.0261. The van der Waals surface area contributed by atoms with Crippen LogP contribution < -0.4 is 0 Å².